The molecule has 10 heteroatoms. The number of halogens is 1. The second-order valence-electron chi connectivity index (χ2n) is 6.34. The molecule has 29 heavy (non-hydrogen) atoms. The predicted octanol–water partition coefficient (Wildman–Crippen LogP) is 2.39. The number of carbonyl (C=O) groups excluding carboxylic acids is 1. The number of amides is 1. The highest BCUT2D eigenvalue weighted by molar-refractivity contribution is 6.30. The van der Waals surface area contributed by atoms with Gasteiger partial charge in [-0.1, -0.05) is 35.8 Å². The van der Waals surface area contributed by atoms with Crippen LogP contribution in [0.3, 0.4) is 0 Å². The molecule has 3 aromatic heterocycles. The van der Waals surface area contributed by atoms with E-state index in [1.807, 2.05) is 13.0 Å². The van der Waals surface area contributed by atoms with E-state index in [9.17, 15) is 9.59 Å². The lowest BCUT2D eigenvalue weighted by Gasteiger charge is -2.01. The minimum Gasteiger partial charge on any atom is -0.355 e. The van der Waals surface area contributed by atoms with Crippen molar-refractivity contribution in [3.05, 3.63) is 58.1 Å². The molecule has 3 heterocycles. The van der Waals surface area contributed by atoms with Crippen LogP contribution in [-0.2, 0) is 11.3 Å². The third-order valence-electron chi connectivity index (χ3n) is 4.21. The van der Waals surface area contributed by atoms with Crippen molar-refractivity contribution in [3.8, 4) is 22.8 Å². The third kappa shape index (κ3) is 3.77. The van der Waals surface area contributed by atoms with E-state index >= 15 is 0 Å². The van der Waals surface area contributed by atoms with Gasteiger partial charge in [0.05, 0.1) is 5.56 Å². The third-order valence-corrected chi connectivity index (χ3v) is 4.45. The fraction of sp³-hybridized carbons (Fsp3) is 0.211. The summed E-state index contributed by atoms with van der Waals surface area (Å²) in [7, 11) is 0. The van der Waals surface area contributed by atoms with Gasteiger partial charge in [0.2, 0.25) is 11.7 Å². The molecular formula is C19H17ClN6O3. The Kier molecular flexibility index (Phi) is 5.13. The summed E-state index contributed by atoms with van der Waals surface area (Å²) in [5, 5.41) is 11.6. The number of nitrogens with one attached hydrogen (secondary N) is 1. The van der Waals surface area contributed by atoms with Crippen molar-refractivity contribution in [2.24, 2.45) is 0 Å². The summed E-state index contributed by atoms with van der Waals surface area (Å²) < 4.78 is 7.84. The van der Waals surface area contributed by atoms with Crippen molar-refractivity contribution in [2.45, 2.75) is 19.9 Å². The molecule has 0 aliphatic rings. The summed E-state index contributed by atoms with van der Waals surface area (Å²) in [6.45, 7) is 2.32. The van der Waals surface area contributed by atoms with Gasteiger partial charge in [-0.05, 0) is 30.7 Å². The van der Waals surface area contributed by atoms with Crippen LogP contribution < -0.4 is 11.0 Å². The first kappa shape index (κ1) is 18.9. The molecule has 0 spiro atoms. The zero-order valence-electron chi connectivity index (χ0n) is 15.5. The first-order valence-corrected chi connectivity index (χ1v) is 9.39. The molecule has 0 aliphatic carbocycles. The van der Waals surface area contributed by atoms with Crippen LogP contribution in [0.15, 0.2) is 51.9 Å². The standard InChI is InChI=1S/C19H17ClN6O3/c1-2-8-21-15(27)11-26-19(28)25-9-4-7-14(17(25)23-26)18-22-16(24-29-18)12-5-3-6-13(20)10-12/h3-7,9-10H,2,8,11H2,1H3,(H,21,27). The van der Waals surface area contributed by atoms with Gasteiger partial charge in [-0.25, -0.2) is 13.9 Å². The Labute approximate surface area is 169 Å². The number of pyridine rings is 1. The fourth-order valence-electron chi connectivity index (χ4n) is 2.84. The van der Waals surface area contributed by atoms with Crippen LogP contribution in [-0.4, -0.2) is 36.8 Å². The molecule has 9 nitrogen and oxygen atoms in total. The largest absolute Gasteiger partial charge is 0.355 e. The fourth-order valence-corrected chi connectivity index (χ4v) is 3.03. The second kappa shape index (κ2) is 7.88. The molecule has 0 saturated carbocycles. The Hall–Kier alpha value is -3.46. The summed E-state index contributed by atoms with van der Waals surface area (Å²) in [6, 6.07) is 10.5. The van der Waals surface area contributed by atoms with E-state index in [2.05, 4.69) is 20.6 Å². The van der Waals surface area contributed by atoms with Gasteiger partial charge >= 0.3 is 5.69 Å². The number of nitrogens with zero attached hydrogens (tertiary/aromatic N) is 5. The maximum absolute atomic E-state index is 12.6. The number of aromatic nitrogens is 5. The second-order valence-corrected chi connectivity index (χ2v) is 6.78. The molecule has 0 aliphatic heterocycles. The van der Waals surface area contributed by atoms with E-state index in [4.69, 9.17) is 16.1 Å². The lowest BCUT2D eigenvalue weighted by Crippen LogP contribution is -2.33. The smallest absolute Gasteiger partial charge is 0.350 e. The quantitative estimate of drug-likeness (QED) is 0.521. The Morgan fingerprint density at radius 3 is 2.93 bits per heavy atom. The van der Waals surface area contributed by atoms with E-state index < -0.39 is 5.69 Å². The Morgan fingerprint density at radius 2 is 2.14 bits per heavy atom. The van der Waals surface area contributed by atoms with E-state index in [0.29, 0.717) is 34.2 Å². The van der Waals surface area contributed by atoms with Gasteiger partial charge in [0.15, 0.2) is 5.65 Å². The number of rotatable bonds is 6. The molecule has 148 valence electrons. The first-order chi connectivity index (χ1) is 14.1. The molecule has 0 unspecified atom stereocenters. The minimum atomic E-state index is -0.428. The predicted molar refractivity (Wildman–Crippen MR) is 106 cm³/mol. The number of carbonyl (C=O) groups is 1. The zero-order chi connectivity index (χ0) is 20.4. The number of benzene rings is 1. The van der Waals surface area contributed by atoms with Crippen LogP contribution in [0, 0.1) is 0 Å². The van der Waals surface area contributed by atoms with Crippen molar-refractivity contribution in [2.75, 3.05) is 6.54 Å². The van der Waals surface area contributed by atoms with Crippen molar-refractivity contribution in [3.63, 3.8) is 0 Å². The summed E-state index contributed by atoms with van der Waals surface area (Å²) >= 11 is 6.02. The SMILES string of the molecule is CCCNC(=O)Cn1nc2c(-c3nc(-c4cccc(Cl)c4)no3)cccn2c1=O. The van der Waals surface area contributed by atoms with E-state index in [-0.39, 0.29) is 18.3 Å². The Bertz CT molecular complexity index is 1240. The van der Waals surface area contributed by atoms with Crippen LogP contribution in [0.5, 0.6) is 0 Å². The number of fused-ring (bicyclic) bond motifs is 1. The highest BCUT2D eigenvalue weighted by Crippen LogP contribution is 2.25. The van der Waals surface area contributed by atoms with E-state index in [1.54, 1.807) is 36.5 Å². The summed E-state index contributed by atoms with van der Waals surface area (Å²) in [5.41, 5.74) is 1.08. The molecule has 4 aromatic rings. The summed E-state index contributed by atoms with van der Waals surface area (Å²) in [6.07, 6.45) is 2.38. The summed E-state index contributed by atoms with van der Waals surface area (Å²) in [4.78, 5) is 29.0. The lowest BCUT2D eigenvalue weighted by atomic mass is 10.2. The minimum absolute atomic E-state index is 0.169. The van der Waals surface area contributed by atoms with Gasteiger partial charge in [0.1, 0.15) is 6.54 Å². The molecule has 1 aromatic carbocycles. The van der Waals surface area contributed by atoms with E-state index in [1.165, 1.54) is 4.40 Å². The molecule has 4 rings (SSSR count). The van der Waals surface area contributed by atoms with Gasteiger partial charge in [0.25, 0.3) is 5.89 Å². The van der Waals surface area contributed by atoms with Crippen LogP contribution >= 0.6 is 11.6 Å². The van der Waals surface area contributed by atoms with Gasteiger partial charge < -0.3 is 9.84 Å². The zero-order valence-corrected chi connectivity index (χ0v) is 16.3. The van der Waals surface area contributed by atoms with Crippen LogP contribution in [0.25, 0.3) is 28.5 Å². The van der Waals surface area contributed by atoms with Crippen molar-refractivity contribution in [1.29, 1.82) is 0 Å². The Morgan fingerprint density at radius 1 is 1.28 bits per heavy atom. The van der Waals surface area contributed by atoms with Gasteiger partial charge in [-0.15, -0.1) is 5.10 Å². The highest BCUT2D eigenvalue weighted by atomic mass is 35.5. The van der Waals surface area contributed by atoms with E-state index in [0.717, 1.165) is 11.1 Å². The molecule has 0 atom stereocenters. The molecule has 0 fully saturated rings. The molecule has 0 saturated heterocycles. The lowest BCUT2D eigenvalue weighted by molar-refractivity contribution is -0.121. The highest BCUT2D eigenvalue weighted by Gasteiger charge is 2.18. The van der Waals surface area contributed by atoms with Gasteiger partial charge in [-0.3, -0.25) is 4.79 Å². The topological polar surface area (TPSA) is 107 Å². The number of hydrogen-bond acceptors (Lipinski definition) is 6. The van der Waals surface area contributed by atoms with Crippen molar-refractivity contribution in [1.82, 2.24) is 29.6 Å². The maximum Gasteiger partial charge on any atom is 0.350 e. The normalized spacial score (nSPS) is 11.1. The van der Waals surface area contributed by atoms with Crippen LogP contribution in [0.4, 0.5) is 0 Å². The monoisotopic (exact) mass is 412 g/mol. The average Bonchev–Trinajstić information content (AvgIpc) is 3.32. The van der Waals surface area contributed by atoms with Crippen molar-refractivity contribution >= 4 is 23.2 Å². The number of hydrogen-bond donors (Lipinski definition) is 1. The van der Waals surface area contributed by atoms with Gasteiger partial charge in [-0.2, -0.15) is 4.98 Å². The Balaban J connectivity index is 1.71. The molecule has 0 bridgehead atoms. The molecule has 1 amide bonds. The van der Waals surface area contributed by atoms with Crippen LogP contribution in [0.1, 0.15) is 13.3 Å². The molecule has 0 radical (unpaired) electrons. The summed E-state index contributed by atoms with van der Waals surface area (Å²) in [5.74, 6) is 0.295. The van der Waals surface area contributed by atoms with Gasteiger partial charge in [0, 0.05) is 23.3 Å². The first-order valence-electron chi connectivity index (χ1n) is 9.01. The average molecular weight is 413 g/mol. The molecular weight excluding hydrogens is 396 g/mol. The van der Waals surface area contributed by atoms with Crippen molar-refractivity contribution < 1.29 is 9.32 Å². The van der Waals surface area contributed by atoms with Crippen LogP contribution in [0.2, 0.25) is 5.02 Å². The molecule has 1 N–H and O–H groups in total. The maximum atomic E-state index is 12.6.